The lowest BCUT2D eigenvalue weighted by atomic mass is 10.1. The normalized spacial score (nSPS) is 9.86. The number of hydrogen-bond donors (Lipinski definition) is 2. The molecule has 0 aromatic heterocycles. The average molecular weight is 448 g/mol. The molecule has 0 aliphatic heterocycles. The van der Waals surface area contributed by atoms with Gasteiger partial charge in [0.2, 0.25) is 0 Å². The zero-order chi connectivity index (χ0) is 22.0. The van der Waals surface area contributed by atoms with Gasteiger partial charge in [-0.1, -0.05) is 23.2 Å². The van der Waals surface area contributed by atoms with Crippen molar-refractivity contribution in [1.29, 1.82) is 0 Å². The van der Waals surface area contributed by atoms with E-state index < -0.39 is 17.8 Å². The molecule has 0 bridgehead atoms. The first-order chi connectivity index (χ1) is 13.7. The second kappa shape index (κ2) is 12.1. The van der Waals surface area contributed by atoms with E-state index in [2.05, 4.69) is 10.1 Å². The van der Waals surface area contributed by atoms with Crippen LogP contribution in [0, 0.1) is 5.82 Å². The third-order valence-electron chi connectivity index (χ3n) is 3.10. The number of aromatic carboxylic acids is 1. The fourth-order valence-corrected chi connectivity index (χ4v) is 2.64. The summed E-state index contributed by atoms with van der Waals surface area (Å²) in [5.41, 5.74) is 0.328. The molecule has 0 saturated heterocycles. The molecule has 29 heavy (non-hydrogen) atoms. The quantitative estimate of drug-likeness (QED) is 0.366. The number of benzene rings is 2. The monoisotopic (exact) mass is 447 g/mol. The Hall–Kier alpha value is -2.55. The highest BCUT2D eigenvalue weighted by Crippen LogP contribution is 2.33. The van der Waals surface area contributed by atoms with Gasteiger partial charge in [-0.15, -0.1) is 0 Å². The number of hydrogen-bond acceptors (Lipinski definition) is 6. The van der Waals surface area contributed by atoms with E-state index in [1.54, 1.807) is 20.3 Å². The summed E-state index contributed by atoms with van der Waals surface area (Å²) >= 11 is 11.7. The molecule has 2 N–H and O–H groups in total. The van der Waals surface area contributed by atoms with Gasteiger partial charge in [0.25, 0.3) is 0 Å². The maximum absolute atomic E-state index is 13.1. The number of carboxylic acids is 1. The molecule has 158 valence electrons. The van der Waals surface area contributed by atoms with Gasteiger partial charge in [-0.25, -0.2) is 9.18 Å². The van der Waals surface area contributed by atoms with Gasteiger partial charge in [0.1, 0.15) is 23.7 Å². The number of esters is 1. The maximum atomic E-state index is 13.1. The van der Waals surface area contributed by atoms with Crippen molar-refractivity contribution in [2.24, 2.45) is 0 Å². The molecular weight excluding hydrogens is 428 g/mol. The first-order valence-corrected chi connectivity index (χ1v) is 8.92. The second-order valence-corrected chi connectivity index (χ2v) is 6.31. The van der Waals surface area contributed by atoms with E-state index in [1.807, 2.05) is 0 Å². The van der Waals surface area contributed by atoms with Crippen LogP contribution in [-0.4, -0.2) is 44.4 Å². The zero-order valence-corrected chi connectivity index (χ0v) is 17.4. The lowest BCUT2D eigenvalue weighted by Gasteiger charge is -2.12. The smallest absolute Gasteiger partial charge is 0.339 e. The number of halogens is 3. The van der Waals surface area contributed by atoms with Crippen LogP contribution in [0.2, 0.25) is 10.0 Å². The molecule has 0 heterocycles. The van der Waals surface area contributed by atoms with Crippen molar-refractivity contribution >= 4 is 40.8 Å². The van der Waals surface area contributed by atoms with Crippen molar-refractivity contribution in [3.05, 3.63) is 51.8 Å². The third kappa shape index (κ3) is 8.15. The predicted molar refractivity (Wildman–Crippen MR) is 108 cm³/mol. The van der Waals surface area contributed by atoms with Crippen LogP contribution in [0.5, 0.6) is 11.5 Å². The Kier molecular flexibility index (Phi) is 10.2. The molecule has 0 aliphatic rings. The first-order valence-electron chi connectivity index (χ1n) is 8.16. The minimum Gasteiger partial charge on any atom is -0.489 e. The van der Waals surface area contributed by atoms with E-state index in [-0.39, 0.29) is 40.3 Å². The second-order valence-electron chi connectivity index (χ2n) is 5.49. The molecule has 0 aliphatic carbocycles. The van der Waals surface area contributed by atoms with E-state index in [0.717, 1.165) is 12.1 Å². The Morgan fingerprint density at radius 1 is 1.14 bits per heavy atom. The van der Waals surface area contributed by atoms with Crippen molar-refractivity contribution in [2.45, 2.75) is 6.92 Å². The molecule has 0 radical (unpaired) electrons. The number of ether oxygens (including phenoxy) is 3. The fraction of sp³-hybridized carbons (Fsp3) is 0.263. The van der Waals surface area contributed by atoms with Gasteiger partial charge in [-0.05, 0) is 30.3 Å². The van der Waals surface area contributed by atoms with Crippen LogP contribution < -0.4 is 14.8 Å². The van der Waals surface area contributed by atoms with E-state index in [0.29, 0.717) is 5.69 Å². The van der Waals surface area contributed by atoms with E-state index in [1.165, 1.54) is 19.1 Å². The van der Waals surface area contributed by atoms with Crippen LogP contribution in [0.4, 0.5) is 10.1 Å². The highest BCUT2D eigenvalue weighted by atomic mass is 35.5. The zero-order valence-electron chi connectivity index (χ0n) is 15.9. The SMILES string of the molecule is CC(=O)Oc1ccc(NCCOc2c(Cl)cc(F)cc2Cl)cc1C(=O)O.COC. The Bertz CT molecular complexity index is 840. The van der Waals surface area contributed by atoms with Gasteiger partial charge in [0, 0.05) is 33.4 Å². The number of nitrogens with one attached hydrogen (secondary N) is 1. The molecule has 10 heteroatoms. The van der Waals surface area contributed by atoms with E-state index in [9.17, 15) is 19.1 Å². The molecule has 2 aromatic rings. The number of carboxylic acid groups (broad SMARTS) is 1. The molecule has 0 atom stereocenters. The fourth-order valence-electron chi connectivity index (χ4n) is 2.07. The average Bonchev–Trinajstić information content (AvgIpc) is 2.61. The summed E-state index contributed by atoms with van der Waals surface area (Å²) in [5.74, 6) is -2.30. The lowest BCUT2D eigenvalue weighted by molar-refractivity contribution is -0.131. The first kappa shape index (κ1) is 24.5. The van der Waals surface area contributed by atoms with Gasteiger partial charge in [0.05, 0.1) is 10.0 Å². The van der Waals surface area contributed by atoms with Crippen molar-refractivity contribution in [3.63, 3.8) is 0 Å². The number of methoxy groups -OCH3 is 1. The summed E-state index contributed by atoms with van der Waals surface area (Å²) < 4.78 is 27.6. The number of anilines is 1. The summed E-state index contributed by atoms with van der Waals surface area (Å²) in [5, 5.41) is 12.3. The minimum absolute atomic E-state index is 0.0447. The molecule has 2 rings (SSSR count). The van der Waals surface area contributed by atoms with Crippen molar-refractivity contribution in [1.82, 2.24) is 0 Å². The largest absolute Gasteiger partial charge is 0.489 e. The van der Waals surface area contributed by atoms with E-state index in [4.69, 9.17) is 32.7 Å². The highest BCUT2D eigenvalue weighted by molar-refractivity contribution is 6.37. The Morgan fingerprint density at radius 2 is 1.72 bits per heavy atom. The summed E-state index contributed by atoms with van der Waals surface area (Å²) in [7, 11) is 3.25. The summed E-state index contributed by atoms with van der Waals surface area (Å²) in [6, 6.07) is 6.44. The van der Waals surface area contributed by atoms with Gasteiger partial charge in [-0.3, -0.25) is 4.79 Å². The van der Waals surface area contributed by atoms with Gasteiger partial charge in [0.15, 0.2) is 5.75 Å². The van der Waals surface area contributed by atoms with Crippen LogP contribution in [0.25, 0.3) is 0 Å². The molecule has 2 aromatic carbocycles. The summed E-state index contributed by atoms with van der Waals surface area (Å²) in [6.07, 6.45) is 0. The van der Waals surface area contributed by atoms with Crippen molar-refractivity contribution in [2.75, 3.05) is 32.7 Å². The summed E-state index contributed by atoms with van der Waals surface area (Å²) in [6.45, 7) is 1.61. The van der Waals surface area contributed by atoms with Crippen LogP contribution in [0.3, 0.4) is 0 Å². The molecule has 7 nitrogen and oxygen atoms in total. The van der Waals surface area contributed by atoms with Gasteiger partial charge >= 0.3 is 11.9 Å². The Labute approximate surface area is 177 Å². The van der Waals surface area contributed by atoms with Crippen LogP contribution >= 0.6 is 23.2 Å². The van der Waals surface area contributed by atoms with Gasteiger partial charge in [-0.2, -0.15) is 0 Å². The maximum Gasteiger partial charge on any atom is 0.339 e. The molecule has 0 saturated carbocycles. The predicted octanol–water partition coefficient (Wildman–Crippen LogP) is 4.51. The van der Waals surface area contributed by atoms with Gasteiger partial charge < -0.3 is 24.6 Å². The Balaban J connectivity index is 0.00000132. The lowest BCUT2D eigenvalue weighted by Crippen LogP contribution is -2.13. The number of carbonyl (C=O) groups excluding carboxylic acids is 1. The molecule has 0 unspecified atom stereocenters. The molecule has 0 amide bonds. The van der Waals surface area contributed by atoms with Crippen LogP contribution in [-0.2, 0) is 9.53 Å². The van der Waals surface area contributed by atoms with Crippen molar-refractivity contribution < 1.29 is 33.3 Å². The molecule has 0 fully saturated rings. The van der Waals surface area contributed by atoms with E-state index >= 15 is 0 Å². The van der Waals surface area contributed by atoms with Crippen LogP contribution in [0.1, 0.15) is 17.3 Å². The summed E-state index contributed by atoms with van der Waals surface area (Å²) in [4.78, 5) is 22.3. The standard InChI is InChI=1S/C17H14Cl2FNO5.C2H6O/c1-9(22)26-15-3-2-11(8-12(15)17(23)24)21-4-5-25-16-13(18)6-10(20)7-14(16)19;1-3-2/h2-3,6-8,21H,4-5H2,1H3,(H,23,24);1-2H3. The molecule has 0 spiro atoms. The Morgan fingerprint density at radius 3 is 2.24 bits per heavy atom. The molecular formula is C19H20Cl2FNO6. The highest BCUT2D eigenvalue weighted by Gasteiger charge is 2.14. The topological polar surface area (TPSA) is 94.1 Å². The van der Waals surface area contributed by atoms with Crippen molar-refractivity contribution in [3.8, 4) is 11.5 Å². The number of rotatable bonds is 7. The van der Waals surface area contributed by atoms with Crippen LogP contribution in [0.15, 0.2) is 30.3 Å². The number of carbonyl (C=O) groups is 2. The minimum atomic E-state index is -1.23. The third-order valence-corrected chi connectivity index (χ3v) is 3.67.